The monoisotopic (exact) mass is 357 g/mol. The van der Waals surface area contributed by atoms with Crippen molar-refractivity contribution in [1.82, 2.24) is 4.90 Å². The summed E-state index contributed by atoms with van der Waals surface area (Å²) in [4.78, 5) is 2.04. The number of ether oxygens (including phenoxy) is 3. The number of para-hydroxylation sites is 2. The van der Waals surface area contributed by atoms with Gasteiger partial charge >= 0.3 is 0 Å². The fourth-order valence-corrected chi connectivity index (χ4v) is 3.00. The number of likely N-dealkylation sites (N-methyl/N-ethyl adjacent to an activating group) is 1. The minimum Gasteiger partial charge on any atom is -0.491 e. The van der Waals surface area contributed by atoms with Crippen molar-refractivity contribution >= 4 is 0 Å². The molecule has 5 nitrogen and oxygen atoms in total. The third-order valence-electron chi connectivity index (χ3n) is 4.38. The van der Waals surface area contributed by atoms with Gasteiger partial charge in [0.1, 0.15) is 31.2 Å². The van der Waals surface area contributed by atoms with Crippen LogP contribution in [0.4, 0.5) is 0 Å². The quantitative estimate of drug-likeness (QED) is 0.787. The molecule has 0 saturated carbocycles. The number of rotatable bonds is 8. The standard InChI is InChI=1S/C21H27NO4/c1-3-16-8-10-18(11-9-16)24-14-17(23)12-22(2)13-19-15-25-20-6-4-5-7-21(20)26-19/h4-11,17,19,23H,3,12-15H2,1-2H3. The summed E-state index contributed by atoms with van der Waals surface area (Å²) in [5.74, 6) is 2.34. The third kappa shape index (κ3) is 5.13. The summed E-state index contributed by atoms with van der Waals surface area (Å²) in [5, 5.41) is 10.2. The highest BCUT2D eigenvalue weighted by Crippen LogP contribution is 2.30. The molecule has 0 fully saturated rings. The van der Waals surface area contributed by atoms with Crippen LogP contribution in [-0.2, 0) is 6.42 Å². The topological polar surface area (TPSA) is 51.2 Å². The summed E-state index contributed by atoms with van der Waals surface area (Å²) in [6.07, 6.45) is 0.387. The van der Waals surface area contributed by atoms with Gasteiger partial charge in [-0.2, -0.15) is 0 Å². The van der Waals surface area contributed by atoms with Gasteiger partial charge in [-0.05, 0) is 43.3 Å². The van der Waals surface area contributed by atoms with Crippen molar-refractivity contribution in [3.8, 4) is 17.2 Å². The Kier molecular flexibility index (Phi) is 6.36. The first kappa shape index (κ1) is 18.5. The first-order chi connectivity index (χ1) is 12.6. The van der Waals surface area contributed by atoms with Crippen LogP contribution in [0.25, 0.3) is 0 Å². The molecule has 0 saturated heterocycles. The lowest BCUT2D eigenvalue weighted by atomic mass is 10.2. The molecule has 0 aliphatic carbocycles. The molecular formula is C21H27NO4. The zero-order chi connectivity index (χ0) is 18.4. The molecule has 0 aromatic heterocycles. The summed E-state index contributed by atoms with van der Waals surface area (Å²) < 4.78 is 17.4. The molecule has 1 aliphatic rings. The van der Waals surface area contributed by atoms with E-state index in [-0.39, 0.29) is 12.7 Å². The summed E-state index contributed by atoms with van der Waals surface area (Å²) in [7, 11) is 1.96. The molecule has 2 aromatic rings. The van der Waals surface area contributed by atoms with Crippen LogP contribution < -0.4 is 14.2 Å². The Hall–Kier alpha value is -2.24. The van der Waals surface area contributed by atoms with E-state index in [0.29, 0.717) is 19.7 Å². The van der Waals surface area contributed by atoms with Gasteiger partial charge in [0.2, 0.25) is 0 Å². The number of benzene rings is 2. The second-order valence-corrected chi connectivity index (χ2v) is 6.68. The number of fused-ring (bicyclic) bond motifs is 1. The van der Waals surface area contributed by atoms with Gasteiger partial charge in [0.25, 0.3) is 0 Å². The minimum atomic E-state index is -0.567. The SMILES string of the molecule is CCc1ccc(OCC(O)CN(C)CC2COc3ccccc3O2)cc1. The molecule has 1 N–H and O–H groups in total. The molecule has 1 aliphatic heterocycles. The highest BCUT2D eigenvalue weighted by molar-refractivity contribution is 5.40. The maximum Gasteiger partial charge on any atom is 0.161 e. The van der Waals surface area contributed by atoms with Crippen molar-refractivity contribution in [3.05, 3.63) is 54.1 Å². The average molecular weight is 357 g/mol. The lowest BCUT2D eigenvalue weighted by molar-refractivity contribution is 0.0374. The van der Waals surface area contributed by atoms with Gasteiger partial charge < -0.3 is 19.3 Å². The fraction of sp³-hybridized carbons (Fsp3) is 0.429. The summed E-state index contributed by atoms with van der Waals surface area (Å²) in [6, 6.07) is 15.7. The second-order valence-electron chi connectivity index (χ2n) is 6.68. The summed E-state index contributed by atoms with van der Waals surface area (Å²) >= 11 is 0. The van der Waals surface area contributed by atoms with Crippen LogP contribution in [0.3, 0.4) is 0 Å². The Morgan fingerprint density at radius 1 is 1.15 bits per heavy atom. The van der Waals surface area contributed by atoms with E-state index in [0.717, 1.165) is 23.7 Å². The highest BCUT2D eigenvalue weighted by Gasteiger charge is 2.22. The molecule has 0 bridgehead atoms. The van der Waals surface area contributed by atoms with Crippen LogP contribution in [-0.4, -0.2) is 55.6 Å². The van der Waals surface area contributed by atoms with E-state index in [4.69, 9.17) is 14.2 Å². The fourth-order valence-electron chi connectivity index (χ4n) is 3.00. The lowest BCUT2D eigenvalue weighted by Gasteiger charge is -2.30. The number of nitrogens with zero attached hydrogens (tertiary/aromatic N) is 1. The van der Waals surface area contributed by atoms with E-state index in [1.165, 1.54) is 5.56 Å². The molecule has 3 rings (SSSR count). The van der Waals surface area contributed by atoms with Crippen molar-refractivity contribution in [3.63, 3.8) is 0 Å². The molecule has 5 heteroatoms. The van der Waals surface area contributed by atoms with E-state index >= 15 is 0 Å². The molecule has 1 heterocycles. The van der Waals surface area contributed by atoms with Crippen LogP contribution in [0.15, 0.2) is 48.5 Å². The van der Waals surface area contributed by atoms with Crippen molar-refractivity contribution in [1.29, 1.82) is 0 Å². The summed E-state index contributed by atoms with van der Waals surface area (Å²) in [5.41, 5.74) is 1.27. The first-order valence-electron chi connectivity index (χ1n) is 9.11. The first-order valence-corrected chi connectivity index (χ1v) is 9.11. The Labute approximate surface area is 155 Å². The van der Waals surface area contributed by atoms with E-state index < -0.39 is 6.10 Å². The van der Waals surface area contributed by atoms with Crippen LogP contribution >= 0.6 is 0 Å². The summed E-state index contributed by atoms with van der Waals surface area (Å²) in [6.45, 7) is 4.08. The van der Waals surface area contributed by atoms with Crippen LogP contribution in [0.5, 0.6) is 17.2 Å². The molecule has 0 radical (unpaired) electrons. The maximum absolute atomic E-state index is 10.2. The number of hydrogen-bond acceptors (Lipinski definition) is 5. The molecule has 26 heavy (non-hydrogen) atoms. The molecular weight excluding hydrogens is 330 g/mol. The Balaban J connectivity index is 1.40. The van der Waals surface area contributed by atoms with E-state index in [2.05, 4.69) is 6.92 Å². The Morgan fingerprint density at radius 2 is 1.88 bits per heavy atom. The Morgan fingerprint density at radius 3 is 2.62 bits per heavy atom. The van der Waals surface area contributed by atoms with Gasteiger partial charge in [0.15, 0.2) is 11.5 Å². The second kappa shape index (κ2) is 8.92. The zero-order valence-electron chi connectivity index (χ0n) is 15.4. The van der Waals surface area contributed by atoms with Crippen molar-refractivity contribution in [2.24, 2.45) is 0 Å². The van der Waals surface area contributed by atoms with Gasteiger partial charge in [0.05, 0.1) is 0 Å². The van der Waals surface area contributed by atoms with Crippen LogP contribution in [0.1, 0.15) is 12.5 Å². The third-order valence-corrected chi connectivity index (χ3v) is 4.38. The Bertz CT molecular complexity index is 689. The van der Waals surface area contributed by atoms with E-state index in [1.54, 1.807) is 0 Å². The number of hydrogen-bond donors (Lipinski definition) is 1. The van der Waals surface area contributed by atoms with Gasteiger partial charge in [-0.3, -0.25) is 4.90 Å². The molecule has 0 amide bonds. The molecule has 2 aromatic carbocycles. The minimum absolute atomic E-state index is 0.0513. The van der Waals surface area contributed by atoms with Gasteiger partial charge in [0, 0.05) is 13.1 Å². The maximum atomic E-state index is 10.2. The van der Waals surface area contributed by atoms with Crippen LogP contribution in [0.2, 0.25) is 0 Å². The average Bonchev–Trinajstić information content (AvgIpc) is 2.66. The van der Waals surface area contributed by atoms with Gasteiger partial charge in [-0.1, -0.05) is 31.2 Å². The van der Waals surface area contributed by atoms with Crippen LogP contribution in [0, 0.1) is 0 Å². The van der Waals surface area contributed by atoms with Gasteiger partial charge in [-0.15, -0.1) is 0 Å². The highest BCUT2D eigenvalue weighted by atomic mass is 16.6. The zero-order valence-corrected chi connectivity index (χ0v) is 15.4. The smallest absolute Gasteiger partial charge is 0.161 e. The normalized spacial score (nSPS) is 17.2. The number of aliphatic hydroxyl groups is 1. The predicted molar refractivity (Wildman–Crippen MR) is 101 cm³/mol. The molecule has 140 valence electrons. The lowest BCUT2D eigenvalue weighted by Crippen LogP contribution is -2.42. The largest absolute Gasteiger partial charge is 0.491 e. The van der Waals surface area contributed by atoms with Crippen molar-refractivity contribution in [2.75, 3.05) is 33.4 Å². The molecule has 0 spiro atoms. The van der Waals surface area contributed by atoms with E-state index in [1.807, 2.05) is 60.5 Å². The molecule has 2 unspecified atom stereocenters. The molecule has 2 atom stereocenters. The van der Waals surface area contributed by atoms with Gasteiger partial charge in [-0.25, -0.2) is 0 Å². The van der Waals surface area contributed by atoms with Crippen molar-refractivity contribution in [2.45, 2.75) is 25.6 Å². The predicted octanol–water partition coefficient (Wildman–Crippen LogP) is 2.76. The number of aliphatic hydroxyl groups excluding tert-OH is 1. The van der Waals surface area contributed by atoms with E-state index in [9.17, 15) is 5.11 Å². The number of aryl methyl sites for hydroxylation is 1. The van der Waals surface area contributed by atoms with Crippen molar-refractivity contribution < 1.29 is 19.3 Å².